The molecule has 1 aromatic carbocycles. The summed E-state index contributed by atoms with van der Waals surface area (Å²) in [6.45, 7) is 0. The third kappa shape index (κ3) is 2.53. The van der Waals surface area contributed by atoms with E-state index < -0.39 is 0 Å². The van der Waals surface area contributed by atoms with E-state index in [1.165, 1.54) is 11.3 Å². The highest BCUT2D eigenvalue weighted by Crippen LogP contribution is 2.14. The Labute approximate surface area is 132 Å². The molecule has 2 aromatic heterocycles. The zero-order valence-corrected chi connectivity index (χ0v) is 13.6. The number of rotatable bonds is 1. The summed E-state index contributed by atoms with van der Waals surface area (Å²) in [6.07, 6.45) is 1.69. The van der Waals surface area contributed by atoms with E-state index >= 15 is 0 Å². The van der Waals surface area contributed by atoms with Gasteiger partial charge in [0.15, 0.2) is 4.80 Å². The fourth-order valence-electron chi connectivity index (χ4n) is 1.78. The monoisotopic (exact) mass is 395 g/mol. The number of hydrogen-bond acceptors (Lipinski definition) is 4. The molecule has 0 amide bonds. The quantitative estimate of drug-likeness (QED) is 0.595. The van der Waals surface area contributed by atoms with Gasteiger partial charge >= 0.3 is 0 Å². The van der Waals surface area contributed by atoms with Gasteiger partial charge in [-0.25, -0.2) is 9.98 Å². The van der Waals surface area contributed by atoms with Crippen LogP contribution in [0.4, 0.5) is 5.69 Å². The molecule has 0 bridgehead atoms. The molecule has 0 unspecified atom stereocenters. The highest BCUT2D eigenvalue weighted by atomic mass is 127. The normalized spacial score (nSPS) is 12.0. The standard InChI is InChI=1S/C14H10IN3OS/c1-18-13(19)11-3-2-8-16-12(11)20-14(18)17-10-6-4-9(15)5-7-10/h2-8H,1H3/b17-14-. The summed E-state index contributed by atoms with van der Waals surface area (Å²) in [5.41, 5.74) is 0.753. The Morgan fingerprint density at radius 2 is 2.00 bits per heavy atom. The van der Waals surface area contributed by atoms with E-state index in [1.54, 1.807) is 29.9 Å². The first-order chi connectivity index (χ1) is 9.65. The van der Waals surface area contributed by atoms with Crippen LogP contribution in [-0.4, -0.2) is 9.55 Å². The van der Waals surface area contributed by atoms with Gasteiger partial charge < -0.3 is 0 Å². The lowest BCUT2D eigenvalue weighted by atomic mass is 10.3. The minimum absolute atomic E-state index is 0.0730. The van der Waals surface area contributed by atoms with Crippen LogP contribution in [0.2, 0.25) is 0 Å². The Hall–Kier alpha value is -1.54. The van der Waals surface area contributed by atoms with Crippen LogP contribution in [0.1, 0.15) is 0 Å². The maximum absolute atomic E-state index is 12.3. The third-order valence-electron chi connectivity index (χ3n) is 2.83. The number of fused-ring (bicyclic) bond motifs is 1. The molecular formula is C14H10IN3OS. The van der Waals surface area contributed by atoms with E-state index in [-0.39, 0.29) is 5.56 Å². The summed E-state index contributed by atoms with van der Waals surface area (Å²) in [4.78, 5) is 22.4. The fraction of sp³-hybridized carbons (Fsp3) is 0.0714. The van der Waals surface area contributed by atoms with Crippen molar-refractivity contribution in [1.29, 1.82) is 0 Å². The molecule has 0 fully saturated rings. The van der Waals surface area contributed by atoms with Gasteiger partial charge in [-0.05, 0) is 59.0 Å². The lowest BCUT2D eigenvalue weighted by Gasteiger charge is -2.01. The third-order valence-corrected chi connectivity index (χ3v) is 4.62. The zero-order chi connectivity index (χ0) is 14.1. The second-order valence-corrected chi connectivity index (χ2v) is 6.39. The van der Waals surface area contributed by atoms with Gasteiger partial charge in [-0.2, -0.15) is 0 Å². The highest BCUT2D eigenvalue weighted by Gasteiger charge is 2.04. The molecule has 4 nitrogen and oxygen atoms in total. The Morgan fingerprint density at radius 3 is 2.75 bits per heavy atom. The summed E-state index contributed by atoms with van der Waals surface area (Å²) in [5, 5.41) is 0.626. The van der Waals surface area contributed by atoms with Gasteiger partial charge in [-0.15, -0.1) is 0 Å². The van der Waals surface area contributed by atoms with E-state index in [2.05, 4.69) is 32.6 Å². The van der Waals surface area contributed by atoms with Crippen LogP contribution < -0.4 is 10.4 Å². The van der Waals surface area contributed by atoms with E-state index in [9.17, 15) is 4.79 Å². The summed E-state index contributed by atoms with van der Waals surface area (Å²) in [5.74, 6) is 0. The molecule has 0 radical (unpaired) electrons. The van der Waals surface area contributed by atoms with E-state index in [4.69, 9.17) is 0 Å². The number of benzene rings is 1. The number of nitrogens with zero attached hydrogens (tertiary/aromatic N) is 3. The second-order valence-electron chi connectivity index (χ2n) is 4.19. The van der Waals surface area contributed by atoms with Gasteiger partial charge in [0.2, 0.25) is 0 Å². The van der Waals surface area contributed by atoms with Gasteiger partial charge in [0.25, 0.3) is 5.56 Å². The molecule has 0 aliphatic rings. The van der Waals surface area contributed by atoms with Crippen molar-refractivity contribution in [3.63, 3.8) is 0 Å². The number of halogens is 1. The van der Waals surface area contributed by atoms with Crippen molar-refractivity contribution in [2.24, 2.45) is 12.0 Å². The molecule has 100 valence electrons. The van der Waals surface area contributed by atoms with Gasteiger partial charge in [0.05, 0.1) is 11.1 Å². The van der Waals surface area contributed by atoms with E-state index in [1.807, 2.05) is 24.3 Å². The van der Waals surface area contributed by atoms with Crippen molar-refractivity contribution in [3.05, 3.63) is 61.3 Å². The molecule has 0 saturated heterocycles. The lowest BCUT2D eigenvalue weighted by molar-refractivity contribution is 0.832. The average molecular weight is 395 g/mol. The van der Waals surface area contributed by atoms with Gasteiger partial charge in [-0.1, -0.05) is 11.3 Å². The Kier molecular flexibility index (Phi) is 3.66. The maximum atomic E-state index is 12.3. The fourth-order valence-corrected chi connectivity index (χ4v) is 3.06. The van der Waals surface area contributed by atoms with Crippen molar-refractivity contribution in [1.82, 2.24) is 9.55 Å². The largest absolute Gasteiger partial charge is 0.287 e. The molecule has 3 rings (SSSR count). The maximum Gasteiger partial charge on any atom is 0.262 e. The van der Waals surface area contributed by atoms with Crippen LogP contribution in [-0.2, 0) is 7.05 Å². The van der Waals surface area contributed by atoms with Crippen LogP contribution in [0.15, 0.2) is 52.4 Å². The predicted octanol–water partition coefficient (Wildman–Crippen LogP) is 2.83. The minimum atomic E-state index is -0.0730. The molecule has 0 spiro atoms. The molecule has 6 heteroatoms. The van der Waals surface area contributed by atoms with Crippen LogP contribution in [0.25, 0.3) is 10.2 Å². The second kappa shape index (κ2) is 5.45. The molecule has 20 heavy (non-hydrogen) atoms. The molecule has 0 atom stereocenters. The van der Waals surface area contributed by atoms with Gasteiger partial charge in [0.1, 0.15) is 4.83 Å². The van der Waals surface area contributed by atoms with Crippen LogP contribution in [0.3, 0.4) is 0 Å². The zero-order valence-electron chi connectivity index (χ0n) is 10.6. The summed E-state index contributed by atoms with van der Waals surface area (Å²) >= 11 is 3.66. The number of aromatic nitrogens is 2. The van der Waals surface area contributed by atoms with Gasteiger partial charge in [0, 0.05) is 16.8 Å². The van der Waals surface area contributed by atoms with Crippen LogP contribution in [0.5, 0.6) is 0 Å². The number of pyridine rings is 1. The highest BCUT2D eigenvalue weighted by molar-refractivity contribution is 14.1. The Morgan fingerprint density at radius 1 is 1.25 bits per heavy atom. The van der Waals surface area contributed by atoms with Crippen molar-refractivity contribution in [3.8, 4) is 0 Å². The molecule has 0 saturated carbocycles. The van der Waals surface area contributed by atoms with Gasteiger partial charge in [-0.3, -0.25) is 9.36 Å². The average Bonchev–Trinajstić information content (AvgIpc) is 2.47. The van der Waals surface area contributed by atoms with Crippen molar-refractivity contribution in [2.45, 2.75) is 0 Å². The molecular weight excluding hydrogens is 385 g/mol. The molecule has 2 heterocycles. The molecule has 0 aliphatic heterocycles. The first-order valence-electron chi connectivity index (χ1n) is 5.90. The lowest BCUT2D eigenvalue weighted by Crippen LogP contribution is -2.28. The predicted molar refractivity (Wildman–Crippen MR) is 89.2 cm³/mol. The molecule has 0 aliphatic carbocycles. The number of hydrogen-bond donors (Lipinski definition) is 0. The van der Waals surface area contributed by atoms with Crippen molar-refractivity contribution in [2.75, 3.05) is 0 Å². The van der Waals surface area contributed by atoms with Crippen molar-refractivity contribution >= 4 is 49.8 Å². The van der Waals surface area contributed by atoms with Crippen LogP contribution in [0, 0.1) is 3.57 Å². The minimum Gasteiger partial charge on any atom is -0.287 e. The molecule has 0 N–H and O–H groups in total. The summed E-state index contributed by atoms with van der Waals surface area (Å²) in [6, 6.07) is 11.4. The SMILES string of the molecule is Cn1c(=O)c2cccnc2s/c1=N\c1ccc(I)cc1. The smallest absolute Gasteiger partial charge is 0.262 e. The first-order valence-corrected chi connectivity index (χ1v) is 7.80. The Bertz CT molecular complexity index is 897. The Balaban J connectivity index is 2.29. The summed E-state index contributed by atoms with van der Waals surface area (Å²) in [7, 11) is 1.73. The van der Waals surface area contributed by atoms with Crippen molar-refractivity contribution < 1.29 is 0 Å². The topological polar surface area (TPSA) is 47.2 Å². The van der Waals surface area contributed by atoms with E-state index in [0.29, 0.717) is 15.0 Å². The summed E-state index contributed by atoms with van der Waals surface area (Å²) < 4.78 is 2.71. The van der Waals surface area contributed by atoms with Crippen LogP contribution >= 0.6 is 33.9 Å². The van der Waals surface area contributed by atoms with E-state index in [0.717, 1.165) is 9.26 Å². The molecule has 3 aromatic rings. The first kappa shape index (κ1) is 13.4.